The van der Waals surface area contributed by atoms with Crippen molar-refractivity contribution in [2.24, 2.45) is 15.7 Å². The molecule has 0 amide bonds. The largest absolute Gasteiger partial charge is 0.378 e. The molecule has 0 spiro atoms. The Morgan fingerprint density at radius 1 is 1.10 bits per heavy atom. The van der Waals surface area contributed by atoms with Crippen LogP contribution in [0.2, 0.25) is 0 Å². The average molecular weight is 421 g/mol. The summed E-state index contributed by atoms with van der Waals surface area (Å²) in [5.74, 6) is 0.199. The van der Waals surface area contributed by atoms with Gasteiger partial charge in [-0.25, -0.2) is 9.98 Å². The summed E-state index contributed by atoms with van der Waals surface area (Å²) in [4.78, 5) is 13.7. The molecule has 0 radical (unpaired) electrons. The molecule has 1 aromatic carbocycles. The van der Waals surface area contributed by atoms with Gasteiger partial charge in [0.1, 0.15) is 0 Å². The van der Waals surface area contributed by atoms with Gasteiger partial charge in [0.25, 0.3) is 0 Å². The number of allylic oxidation sites excluding steroid dienone is 4. The number of piperazine rings is 1. The monoisotopic (exact) mass is 420 g/mol. The molecule has 7 nitrogen and oxygen atoms in total. The molecule has 0 aromatic heterocycles. The van der Waals surface area contributed by atoms with Crippen molar-refractivity contribution in [3.05, 3.63) is 47.1 Å². The average Bonchev–Trinajstić information content (AvgIpc) is 2.71. The molecule has 2 aliphatic rings. The molecule has 2 saturated heterocycles. The maximum absolute atomic E-state index is 9.22. The van der Waals surface area contributed by atoms with E-state index in [1.165, 1.54) is 5.69 Å². The van der Waals surface area contributed by atoms with Crippen LogP contribution < -0.4 is 10.6 Å². The lowest BCUT2D eigenvalue weighted by Crippen LogP contribution is -2.56. The molecule has 2 N–H and O–H groups in total. The summed E-state index contributed by atoms with van der Waals surface area (Å²) in [5, 5.41) is 9.22. The van der Waals surface area contributed by atoms with Gasteiger partial charge in [-0.2, -0.15) is 5.26 Å². The van der Waals surface area contributed by atoms with E-state index in [2.05, 4.69) is 38.0 Å². The van der Waals surface area contributed by atoms with Gasteiger partial charge in [-0.15, -0.1) is 0 Å². The molecule has 2 heterocycles. The van der Waals surface area contributed by atoms with Gasteiger partial charge < -0.3 is 15.4 Å². The van der Waals surface area contributed by atoms with Gasteiger partial charge in [0.05, 0.1) is 36.6 Å². The van der Waals surface area contributed by atoms with Crippen LogP contribution >= 0.6 is 0 Å². The van der Waals surface area contributed by atoms with Crippen LogP contribution in [0.5, 0.6) is 0 Å². The van der Waals surface area contributed by atoms with Crippen LogP contribution in [0.4, 0.5) is 11.4 Å². The van der Waals surface area contributed by atoms with Gasteiger partial charge in [0, 0.05) is 37.6 Å². The molecule has 164 valence electrons. The van der Waals surface area contributed by atoms with Crippen LogP contribution in [0.1, 0.15) is 27.7 Å². The molecule has 0 aliphatic carbocycles. The molecule has 0 bridgehead atoms. The number of nitriles is 1. The third-order valence-electron chi connectivity index (χ3n) is 5.78. The molecule has 2 aliphatic heterocycles. The lowest BCUT2D eigenvalue weighted by molar-refractivity contribution is -0.0660. The maximum atomic E-state index is 9.22. The number of nitrogens with zero attached hydrogens (tertiary/aromatic N) is 5. The molecule has 1 aromatic rings. The van der Waals surface area contributed by atoms with E-state index in [1.54, 1.807) is 0 Å². The van der Waals surface area contributed by atoms with Crippen LogP contribution in [0.25, 0.3) is 0 Å². The Hall–Kier alpha value is -2.95. The summed E-state index contributed by atoms with van der Waals surface area (Å²) in [6, 6.07) is 10.9. The topological polar surface area (TPSA) is 90.2 Å². The number of anilines is 1. The Kier molecular flexibility index (Phi) is 7.61. The minimum Gasteiger partial charge on any atom is -0.378 e. The van der Waals surface area contributed by atoms with Gasteiger partial charge >= 0.3 is 0 Å². The Morgan fingerprint density at radius 2 is 1.74 bits per heavy atom. The van der Waals surface area contributed by atoms with Crippen LogP contribution in [0, 0.1) is 11.3 Å². The summed E-state index contributed by atoms with van der Waals surface area (Å²) in [5.41, 5.74) is 11.2. The first-order valence-corrected chi connectivity index (χ1v) is 10.7. The number of nitrogens with two attached hydrogens (primary N) is 1. The summed E-state index contributed by atoms with van der Waals surface area (Å²) in [6.07, 6.45) is 1.83. The Labute approximate surface area is 185 Å². The standard InChI is InChI=1S/C24H32N6O/c1-17(2)20(14-25)13-18(3)19(4)27-24(26)28-21-5-7-22(8-6-21)29-9-11-30(12-10-29)23-15-31-16-23/h5-8,13,23H,9-12,15-16H2,1-4H3,(H2,26,28)/b18-13+,27-19+. The quantitative estimate of drug-likeness (QED) is 0.341. The first-order chi connectivity index (χ1) is 14.9. The van der Waals surface area contributed by atoms with Gasteiger partial charge in [-0.05, 0) is 63.6 Å². The highest BCUT2D eigenvalue weighted by Crippen LogP contribution is 2.22. The fourth-order valence-electron chi connectivity index (χ4n) is 3.54. The van der Waals surface area contributed by atoms with Crippen molar-refractivity contribution in [3.63, 3.8) is 0 Å². The Bertz CT molecular complexity index is 935. The van der Waals surface area contributed by atoms with Crippen molar-refractivity contribution in [2.75, 3.05) is 44.3 Å². The van der Waals surface area contributed by atoms with E-state index in [0.29, 0.717) is 11.6 Å². The van der Waals surface area contributed by atoms with Gasteiger partial charge in [-0.1, -0.05) is 5.57 Å². The highest BCUT2D eigenvalue weighted by atomic mass is 16.5. The summed E-state index contributed by atoms with van der Waals surface area (Å²) < 4.78 is 5.31. The summed E-state index contributed by atoms with van der Waals surface area (Å²) in [7, 11) is 0. The second-order valence-corrected chi connectivity index (χ2v) is 8.25. The van der Waals surface area contributed by atoms with Crippen molar-refractivity contribution < 1.29 is 4.74 Å². The number of aliphatic imine (C=N–C) groups is 2. The van der Waals surface area contributed by atoms with E-state index in [-0.39, 0.29) is 5.96 Å². The first kappa shape index (κ1) is 22.7. The third kappa shape index (κ3) is 6.03. The molecule has 3 rings (SSSR count). The predicted octanol–water partition coefficient (Wildman–Crippen LogP) is 3.42. The lowest BCUT2D eigenvalue weighted by atomic mass is 10.1. The summed E-state index contributed by atoms with van der Waals surface area (Å²) in [6.45, 7) is 13.5. The van der Waals surface area contributed by atoms with E-state index in [4.69, 9.17) is 10.5 Å². The molecule has 0 atom stereocenters. The van der Waals surface area contributed by atoms with Gasteiger partial charge in [0.2, 0.25) is 5.96 Å². The molecule has 2 fully saturated rings. The van der Waals surface area contributed by atoms with E-state index in [0.717, 1.165) is 61.9 Å². The molecule has 0 unspecified atom stereocenters. The number of benzene rings is 1. The van der Waals surface area contributed by atoms with E-state index < -0.39 is 0 Å². The van der Waals surface area contributed by atoms with E-state index in [1.807, 2.05) is 45.9 Å². The number of rotatable bonds is 5. The van der Waals surface area contributed by atoms with Gasteiger partial charge in [0.15, 0.2) is 0 Å². The highest BCUT2D eigenvalue weighted by Gasteiger charge is 2.28. The zero-order valence-corrected chi connectivity index (χ0v) is 18.9. The first-order valence-electron chi connectivity index (χ1n) is 10.7. The van der Waals surface area contributed by atoms with Crippen molar-refractivity contribution in [3.8, 4) is 6.07 Å². The number of hydrogen-bond acceptors (Lipinski definition) is 5. The Balaban J connectivity index is 1.61. The van der Waals surface area contributed by atoms with Crippen molar-refractivity contribution in [2.45, 2.75) is 33.7 Å². The zero-order valence-electron chi connectivity index (χ0n) is 18.9. The zero-order chi connectivity index (χ0) is 22.4. The minimum absolute atomic E-state index is 0.199. The fourth-order valence-corrected chi connectivity index (χ4v) is 3.54. The van der Waals surface area contributed by atoms with Crippen LogP contribution in [-0.4, -0.2) is 62.0 Å². The van der Waals surface area contributed by atoms with E-state index >= 15 is 0 Å². The van der Waals surface area contributed by atoms with Crippen LogP contribution in [-0.2, 0) is 4.74 Å². The third-order valence-corrected chi connectivity index (χ3v) is 5.78. The van der Waals surface area contributed by atoms with Crippen LogP contribution in [0.15, 0.2) is 57.0 Å². The van der Waals surface area contributed by atoms with Gasteiger partial charge in [-0.3, -0.25) is 4.90 Å². The Morgan fingerprint density at radius 3 is 2.26 bits per heavy atom. The van der Waals surface area contributed by atoms with Crippen molar-refractivity contribution in [1.29, 1.82) is 5.26 Å². The van der Waals surface area contributed by atoms with Crippen LogP contribution in [0.3, 0.4) is 0 Å². The number of ether oxygens (including phenoxy) is 1. The smallest absolute Gasteiger partial charge is 0.220 e. The van der Waals surface area contributed by atoms with Crippen molar-refractivity contribution in [1.82, 2.24) is 4.90 Å². The lowest BCUT2D eigenvalue weighted by Gasteiger charge is -2.43. The molecule has 0 saturated carbocycles. The predicted molar refractivity (Wildman–Crippen MR) is 127 cm³/mol. The maximum Gasteiger partial charge on any atom is 0.220 e. The minimum atomic E-state index is 0.199. The second kappa shape index (κ2) is 10.4. The fraction of sp³-hybridized carbons (Fsp3) is 0.458. The molecule has 7 heteroatoms. The van der Waals surface area contributed by atoms with Crippen molar-refractivity contribution >= 4 is 23.0 Å². The number of guanidine groups is 1. The second-order valence-electron chi connectivity index (χ2n) is 8.25. The normalized spacial score (nSPS) is 19.1. The number of hydrogen-bond donors (Lipinski definition) is 1. The molecule has 31 heavy (non-hydrogen) atoms. The SMILES string of the molecule is CC(C)=C(C#N)/C=C(C)/C(C)=N/C(N)=Nc1ccc(N2CCN(C3COC3)CC2)cc1. The molecular weight excluding hydrogens is 388 g/mol. The van der Waals surface area contributed by atoms with E-state index in [9.17, 15) is 5.26 Å². The summed E-state index contributed by atoms with van der Waals surface area (Å²) >= 11 is 0. The molecular formula is C24H32N6O. The highest BCUT2D eigenvalue weighted by molar-refractivity contribution is 6.05.